The molecule has 0 saturated heterocycles. The van der Waals surface area contributed by atoms with Gasteiger partial charge in [-0.2, -0.15) is 4.98 Å². The Kier molecular flexibility index (Phi) is 4.66. The average molecular weight is 429 g/mol. The van der Waals surface area contributed by atoms with Crippen molar-refractivity contribution >= 4 is 33.7 Å². The highest BCUT2D eigenvalue weighted by atomic mass is 16.2. The van der Waals surface area contributed by atoms with Crippen LogP contribution in [0.25, 0.3) is 22.1 Å². The van der Waals surface area contributed by atoms with Crippen molar-refractivity contribution in [1.82, 2.24) is 28.7 Å². The SMILES string of the molecule is CCc1cccc2[nH]c(Cn3c(=O)c4c(nc(Nc5ccncc5)n4C)n(C)c3=O)cc12. The van der Waals surface area contributed by atoms with E-state index in [-0.39, 0.29) is 12.1 Å². The molecule has 1 aromatic carbocycles. The van der Waals surface area contributed by atoms with Crippen molar-refractivity contribution < 1.29 is 0 Å². The minimum absolute atomic E-state index is 0.150. The van der Waals surface area contributed by atoms with E-state index in [0.29, 0.717) is 17.1 Å². The van der Waals surface area contributed by atoms with Gasteiger partial charge in [-0.05, 0) is 36.2 Å². The second kappa shape index (κ2) is 7.52. The molecule has 4 heterocycles. The fourth-order valence-electron chi connectivity index (χ4n) is 4.10. The van der Waals surface area contributed by atoms with Crippen LogP contribution in [0, 0.1) is 0 Å². The van der Waals surface area contributed by atoms with Crippen LogP contribution in [0.15, 0.2) is 58.4 Å². The number of hydrogen-bond donors (Lipinski definition) is 2. The predicted octanol–water partition coefficient (Wildman–Crippen LogP) is 2.66. The lowest BCUT2D eigenvalue weighted by atomic mass is 10.1. The van der Waals surface area contributed by atoms with E-state index in [9.17, 15) is 9.59 Å². The van der Waals surface area contributed by atoms with Crippen molar-refractivity contribution in [3.05, 3.63) is 80.9 Å². The van der Waals surface area contributed by atoms with Crippen LogP contribution in [-0.2, 0) is 27.1 Å². The number of aromatic nitrogens is 6. The summed E-state index contributed by atoms with van der Waals surface area (Å²) in [6, 6.07) is 11.7. The van der Waals surface area contributed by atoms with Gasteiger partial charge in [-0.15, -0.1) is 0 Å². The number of nitrogens with zero attached hydrogens (tertiary/aromatic N) is 5. The number of benzene rings is 1. The summed E-state index contributed by atoms with van der Waals surface area (Å²) in [6.45, 7) is 2.26. The molecule has 5 aromatic rings. The van der Waals surface area contributed by atoms with Crippen LogP contribution in [-0.4, -0.2) is 28.7 Å². The number of pyridine rings is 1. The van der Waals surface area contributed by atoms with Crippen LogP contribution in [0.5, 0.6) is 0 Å². The molecule has 0 aliphatic rings. The quantitative estimate of drug-likeness (QED) is 0.447. The van der Waals surface area contributed by atoms with E-state index in [1.807, 2.05) is 18.2 Å². The van der Waals surface area contributed by atoms with Gasteiger partial charge in [0, 0.05) is 48.8 Å². The van der Waals surface area contributed by atoms with Crippen LogP contribution in [0.1, 0.15) is 18.2 Å². The van der Waals surface area contributed by atoms with Crippen molar-refractivity contribution in [1.29, 1.82) is 0 Å². The summed E-state index contributed by atoms with van der Waals surface area (Å²) in [7, 11) is 3.38. The third-order valence-electron chi connectivity index (χ3n) is 5.82. The maximum Gasteiger partial charge on any atom is 0.332 e. The number of anilines is 2. The van der Waals surface area contributed by atoms with Crippen LogP contribution in [0.2, 0.25) is 0 Å². The summed E-state index contributed by atoms with van der Waals surface area (Å²) < 4.78 is 4.33. The van der Waals surface area contributed by atoms with Crippen LogP contribution in [0.3, 0.4) is 0 Å². The zero-order chi connectivity index (χ0) is 22.4. The Morgan fingerprint density at radius 1 is 1.06 bits per heavy atom. The van der Waals surface area contributed by atoms with Gasteiger partial charge in [0.25, 0.3) is 5.56 Å². The minimum Gasteiger partial charge on any atom is -0.357 e. The first-order valence-corrected chi connectivity index (χ1v) is 10.4. The summed E-state index contributed by atoms with van der Waals surface area (Å²) in [4.78, 5) is 38.3. The molecule has 0 atom stereocenters. The molecular formula is C23H23N7O2. The van der Waals surface area contributed by atoms with E-state index in [0.717, 1.165) is 28.7 Å². The molecule has 32 heavy (non-hydrogen) atoms. The van der Waals surface area contributed by atoms with Crippen LogP contribution in [0.4, 0.5) is 11.6 Å². The zero-order valence-corrected chi connectivity index (χ0v) is 18.1. The van der Waals surface area contributed by atoms with Crippen molar-refractivity contribution in [2.75, 3.05) is 5.32 Å². The average Bonchev–Trinajstić information content (AvgIpc) is 3.36. The molecule has 4 aromatic heterocycles. The van der Waals surface area contributed by atoms with Gasteiger partial charge in [0.2, 0.25) is 5.95 Å². The maximum atomic E-state index is 13.4. The first kappa shape index (κ1) is 19.8. The normalized spacial score (nSPS) is 11.5. The molecule has 9 nitrogen and oxygen atoms in total. The van der Waals surface area contributed by atoms with Gasteiger partial charge in [0.1, 0.15) is 0 Å². The van der Waals surface area contributed by atoms with Gasteiger partial charge < -0.3 is 14.9 Å². The van der Waals surface area contributed by atoms with E-state index in [1.54, 1.807) is 43.2 Å². The highest BCUT2D eigenvalue weighted by molar-refractivity contribution is 5.84. The first-order chi connectivity index (χ1) is 15.5. The number of rotatable bonds is 5. The van der Waals surface area contributed by atoms with E-state index in [2.05, 4.69) is 33.3 Å². The number of fused-ring (bicyclic) bond motifs is 2. The Morgan fingerprint density at radius 3 is 2.59 bits per heavy atom. The Bertz CT molecular complexity index is 1570. The number of H-pyrrole nitrogens is 1. The maximum absolute atomic E-state index is 13.4. The number of imidazole rings is 1. The van der Waals surface area contributed by atoms with Gasteiger partial charge in [-0.25, -0.2) is 4.79 Å². The monoisotopic (exact) mass is 429 g/mol. The molecule has 162 valence electrons. The molecule has 0 radical (unpaired) electrons. The smallest absolute Gasteiger partial charge is 0.332 e. The Balaban J connectivity index is 1.62. The van der Waals surface area contributed by atoms with E-state index < -0.39 is 5.69 Å². The highest BCUT2D eigenvalue weighted by Gasteiger charge is 2.19. The Hall–Kier alpha value is -4.14. The third-order valence-corrected chi connectivity index (χ3v) is 5.82. The molecule has 0 unspecified atom stereocenters. The van der Waals surface area contributed by atoms with Gasteiger partial charge >= 0.3 is 5.69 Å². The molecule has 0 fully saturated rings. The lowest BCUT2D eigenvalue weighted by Crippen LogP contribution is -2.39. The Morgan fingerprint density at radius 2 is 1.84 bits per heavy atom. The highest BCUT2D eigenvalue weighted by Crippen LogP contribution is 2.21. The third kappa shape index (κ3) is 3.09. The van der Waals surface area contributed by atoms with Gasteiger partial charge in [0.15, 0.2) is 11.2 Å². The molecule has 0 spiro atoms. The fraction of sp³-hybridized carbons (Fsp3) is 0.217. The van der Waals surface area contributed by atoms with E-state index in [1.165, 1.54) is 14.7 Å². The van der Waals surface area contributed by atoms with Gasteiger partial charge in [0.05, 0.1) is 6.54 Å². The first-order valence-electron chi connectivity index (χ1n) is 10.4. The second-order valence-corrected chi connectivity index (χ2v) is 7.79. The van der Waals surface area contributed by atoms with Crippen LogP contribution < -0.4 is 16.6 Å². The Labute approximate surface area is 183 Å². The zero-order valence-electron chi connectivity index (χ0n) is 18.1. The number of nitrogens with one attached hydrogen (secondary N) is 2. The summed E-state index contributed by atoms with van der Waals surface area (Å²) in [5.41, 5.74) is 3.70. The van der Waals surface area contributed by atoms with Crippen molar-refractivity contribution in [3.8, 4) is 0 Å². The second-order valence-electron chi connectivity index (χ2n) is 7.79. The van der Waals surface area contributed by atoms with Crippen molar-refractivity contribution in [3.63, 3.8) is 0 Å². The molecule has 5 rings (SSSR count). The van der Waals surface area contributed by atoms with Gasteiger partial charge in [-0.1, -0.05) is 19.1 Å². The van der Waals surface area contributed by atoms with E-state index >= 15 is 0 Å². The minimum atomic E-state index is -0.412. The van der Waals surface area contributed by atoms with Crippen molar-refractivity contribution in [2.24, 2.45) is 14.1 Å². The fourth-order valence-corrected chi connectivity index (χ4v) is 4.10. The standard InChI is InChI=1S/C23H23N7O2/c1-4-14-6-5-7-18-17(14)12-16(25-18)13-30-21(31)19-20(29(3)23(30)32)27-22(28(19)2)26-15-8-10-24-11-9-15/h5-12,25H,4,13H2,1-3H3,(H,24,26,27). The molecular weight excluding hydrogens is 406 g/mol. The molecule has 0 aliphatic heterocycles. The lowest BCUT2D eigenvalue weighted by Gasteiger charge is -2.08. The summed E-state index contributed by atoms with van der Waals surface area (Å²) >= 11 is 0. The largest absolute Gasteiger partial charge is 0.357 e. The van der Waals surface area contributed by atoms with Crippen molar-refractivity contribution in [2.45, 2.75) is 19.9 Å². The predicted molar refractivity (Wildman–Crippen MR) is 125 cm³/mol. The lowest BCUT2D eigenvalue weighted by molar-refractivity contribution is 0.648. The summed E-state index contributed by atoms with van der Waals surface area (Å²) in [5, 5.41) is 4.29. The molecule has 2 N–H and O–H groups in total. The van der Waals surface area contributed by atoms with E-state index in [4.69, 9.17) is 0 Å². The van der Waals surface area contributed by atoms with Gasteiger partial charge in [-0.3, -0.25) is 18.9 Å². The molecule has 9 heteroatoms. The van der Waals surface area contributed by atoms with Crippen LogP contribution >= 0.6 is 0 Å². The molecule has 0 saturated carbocycles. The summed E-state index contributed by atoms with van der Waals surface area (Å²) in [5.74, 6) is 0.467. The molecule has 0 amide bonds. The number of aromatic amines is 1. The molecule has 0 aliphatic carbocycles. The number of aryl methyl sites for hydroxylation is 3. The summed E-state index contributed by atoms with van der Waals surface area (Å²) in [6.07, 6.45) is 4.24. The topological polar surface area (TPSA) is 103 Å². The molecule has 0 bridgehead atoms. The number of hydrogen-bond acceptors (Lipinski definition) is 5.